The molecule has 2 heterocycles. The van der Waals surface area contributed by atoms with Crippen LogP contribution in [0, 0.1) is 13.8 Å². The number of nitrogens with zero attached hydrogens (tertiary/aromatic N) is 3. The number of imidazole rings is 2. The van der Waals surface area contributed by atoms with Gasteiger partial charge in [0.25, 0.3) is 0 Å². The molecule has 0 atom stereocenters. The minimum Gasteiger partial charge on any atom is -0.346 e. The van der Waals surface area contributed by atoms with Crippen LogP contribution in [-0.2, 0) is 7.05 Å². The summed E-state index contributed by atoms with van der Waals surface area (Å²) in [4.78, 5) is 11.8. The Bertz CT molecular complexity index is 425. The number of rotatable bonds is 1. The fourth-order valence-electron chi connectivity index (χ4n) is 1.42. The lowest BCUT2D eigenvalue weighted by molar-refractivity contribution is 0.917. The Morgan fingerprint density at radius 3 is 2.62 bits per heavy atom. The van der Waals surface area contributed by atoms with Gasteiger partial charge in [0.05, 0.1) is 0 Å². The Morgan fingerprint density at radius 2 is 2.15 bits per heavy atom. The number of aromatic nitrogens is 4. The van der Waals surface area contributed by atoms with Crippen LogP contribution in [0.3, 0.4) is 0 Å². The fraction of sp³-hybridized carbons (Fsp3) is 0.333. The minimum atomic E-state index is 0.904. The molecular formula is C9H12N4. The lowest BCUT2D eigenvalue weighted by Crippen LogP contribution is -1.92. The van der Waals surface area contributed by atoms with Crippen molar-refractivity contribution in [3.8, 4) is 11.5 Å². The van der Waals surface area contributed by atoms with Crippen LogP contribution in [0.5, 0.6) is 0 Å². The van der Waals surface area contributed by atoms with Gasteiger partial charge in [0, 0.05) is 25.1 Å². The third-order valence-corrected chi connectivity index (χ3v) is 2.04. The van der Waals surface area contributed by atoms with E-state index in [1.54, 1.807) is 6.20 Å². The molecule has 0 aliphatic rings. The predicted molar refractivity (Wildman–Crippen MR) is 50.3 cm³/mol. The molecule has 0 aliphatic carbocycles. The maximum absolute atomic E-state index is 4.37. The zero-order chi connectivity index (χ0) is 9.42. The van der Waals surface area contributed by atoms with Gasteiger partial charge in [0.2, 0.25) is 0 Å². The Kier molecular flexibility index (Phi) is 1.69. The van der Waals surface area contributed by atoms with Gasteiger partial charge in [-0.05, 0) is 13.8 Å². The first-order valence-corrected chi connectivity index (χ1v) is 4.19. The molecule has 0 spiro atoms. The maximum Gasteiger partial charge on any atom is 0.160 e. The van der Waals surface area contributed by atoms with Crippen LogP contribution in [-0.4, -0.2) is 19.5 Å². The van der Waals surface area contributed by atoms with Crippen LogP contribution in [0.1, 0.15) is 11.5 Å². The Balaban J connectivity index is 2.58. The quantitative estimate of drug-likeness (QED) is 0.714. The van der Waals surface area contributed by atoms with E-state index in [0.717, 1.165) is 23.0 Å². The topological polar surface area (TPSA) is 46.5 Å². The van der Waals surface area contributed by atoms with Crippen LogP contribution in [0.25, 0.3) is 11.5 Å². The van der Waals surface area contributed by atoms with Crippen molar-refractivity contribution in [2.75, 3.05) is 0 Å². The van der Waals surface area contributed by atoms with Crippen molar-refractivity contribution in [1.82, 2.24) is 19.5 Å². The third kappa shape index (κ3) is 1.24. The van der Waals surface area contributed by atoms with Crippen molar-refractivity contribution in [3.63, 3.8) is 0 Å². The molecule has 0 amide bonds. The summed E-state index contributed by atoms with van der Waals surface area (Å²) in [6.45, 7) is 3.95. The summed E-state index contributed by atoms with van der Waals surface area (Å²) in [5.41, 5.74) is 2.00. The van der Waals surface area contributed by atoms with E-state index in [-0.39, 0.29) is 0 Å². The van der Waals surface area contributed by atoms with E-state index in [4.69, 9.17) is 0 Å². The van der Waals surface area contributed by atoms with Gasteiger partial charge in [0.15, 0.2) is 5.82 Å². The number of hydrogen-bond acceptors (Lipinski definition) is 2. The van der Waals surface area contributed by atoms with Crippen molar-refractivity contribution in [2.24, 2.45) is 7.05 Å². The van der Waals surface area contributed by atoms with E-state index in [0.29, 0.717) is 0 Å². The molecule has 4 heteroatoms. The molecule has 0 saturated carbocycles. The van der Waals surface area contributed by atoms with E-state index >= 15 is 0 Å². The van der Waals surface area contributed by atoms with Gasteiger partial charge >= 0.3 is 0 Å². The zero-order valence-electron chi connectivity index (χ0n) is 8.00. The number of hydrogen-bond donors (Lipinski definition) is 1. The maximum atomic E-state index is 4.37. The Morgan fingerprint density at radius 1 is 1.38 bits per heavy atom. The highest BCUT2D eigenvalue weighted by atomic mass is 15.1. The van der Waals surface area contributed by atoms with Crippen LogP contribution >= 0.6 is 0 Å². The summed E-state index contributed by atoms with van der Waals surface area (Å²) in [6, 6.07) is 0. The molecular weight excluding hydrogens is 164 g/mol. The monoisotopic (exact) mass is 176 g/mol. The fourth-order valence-corrected chi connectivity index (χ4v) is 1.42. The summed E-state index contributed by atoms with van der Waals surface area (Å²) in [7, 11) is 1.96. The smallest absolute Gasteiger partial charge is 0.160 e. The highest BCUT2D eigenvalue weighted by molar-refractivity contribution is 5.53. The first kappa shape index (κ1) is 8.04. The summed E-state index contributed by atoms with van der Waals surface area (Å²) in [5, 5.41) is 0. The van der Waals surface area contributed by atoms with E-state index < -0.39 is 0 Å². The molecule has 0 fully saturated rings. The van der Waals surface area contributed by atoms with Gasteiger partial charge in [-0.15, -0.1) is 0 Å². The summed E-state index contributed by atoms with van der Waals surface area (Å²) in [6.07, 6.45) is 3.69. The van der Waals surface area contributed by atoms with E-state index in [1.807, 2.05) is 31.7 Å². The average Bonchev–Trinajstić information content (AvgIpc) is 2.58. The molecule has 13 heavy (non-hydrogen) atoms. The molecule has 0 radical (unpaired) electrons. The van der Waals surface area contributed by atoms with Crippen molar-refractivity contribution in [2.45, 2.75) is 13.8 Å². The lowest BCUT2D eigenvalue weighted by atomic mass is 10.3. The van der Waals surface area contributed by atoms with Gasteiger partial charge in [-0.3, -0.25) is 0 Å². The molecule has 0 bridgehead atoms. The number of aryl methyl sites for hydroxylation is 3. The molecule has 0 aliphatic heterocycles. The van der Waals surface area contributed by atoms with Gasteiger partial charge < -0.3 is 9.55 Å². The third-order valence-electron chi connectivity index (χ3n) is 2.04. The van der Waals surface area contributed by atoms with Crippen LogP contribution in [0.2, 0.25) is 0 Å². The van der Waals surface area contributed by atoms with Gasteiger partial charge in [-0.25, -0.2) is 9.97 Å². The Hall–Kier alpha value is -1.58. The molecule has 0 aromatic carbocycles. The van der Waals surface area contributed by atoms with Gasteiger partial charge in [-0.1, -0.05) is 0 Å². The molecule has 68 valence electrons. The predicted octanol–water partition coefficient (Wildman–Crippen LogP) is 1.43. The number of H-pyrrole nitrogens is 1. The first-order valence-electron chi connectivity index (χ1n) is 4.19. The van der Waals surface area contributed by atoms with E-state index in [9.17, 15) is 0 Å². The molecule has 2 aromatic rings. The molecule has 4 nitrogen and oxygen atoms in total. The van der Waals surface area contributed by atoms with E-state index in [1.165, 1.54) is 0 Å². The van der Waals surface area contributed by atoms with Crippen molar-refractivity contribution in [3.05, 3.63) is 23.9 Å². The average molecular weight is 176 g/mol. The summed E-state index contributed by atoms with van der Waals surface area (Å²) in [5.74, 6) is 1.83. The molecule has 1 N–H and O–H groups in total. The second kappa shape index (κ2) is 2.73. The normalized spacial score (nSPS) is 10.7. The van der Waals surface area contributed by atoms with Crippen molar-refractivity contribution >= 4 is 0 Å². The standard InChI is InChI=1S/C9H12N4/c1-6-8(12-7(2)11-6)9-10-4-5-13(9)3/h4-5H,1-3H3,(H,11,12). The zero-order valence-corrected chi connectivity index (χ0v) is 8.00. The summed E-state index contributed by atoms with van der Waals surface area (Å²) < 4.78 is 1.96. The highest BCUT2D eigenvalue weighted by Crippen LogP contribution is 2.17. The van der Waals surface area contributed by atoms with Gasteiger partial charge in [-0.2, -0.15) is 0 Å². The van der Waals surface area contributed by atoms with E-state index in [2.05, 4.69) is 15.0 Å². The molecule has 0 unspecified atom stereocenters. The highest BCUT2D eigenvalue weighted by Gasteiger charge is 2.10. The van der Waals surface area contributed by atoms with Crippen molar-refractivity contribution < 1.29 is 0 Å². The number of aromatic amines is 1. The minimum absolute atomic E-state index is 0.904. The van der Waals surface area contributed by atoms with Crippen molar-refractivity contribution in [1.29, 1.82) is 0 Å². The van der Waals surface area contributed by atoms with Gasteiger partial charge in [0.1, 0.15) is 11.5 Å². The lowest BCUT2D eigenvalue weighted by Gasteiger charge is -1.97. The molecule has 0 saturated heterocycles. The van der Waals surface area contributed by atoms with Crippen LogP contribution < -0.4 is 0 Å². The Labute approximate surface area is 76.7 Å². The van der Waals surface area contributed by atoms with Crippen LogP contribution in [0.15, 0.2) is 12.4 Å². The summed E-state index contributed by atoms with van der Waals surface area (Å²) >= 11 is 0. The first-order chi connectivity index (χ1) is 6.18. The molecule has 2 aromatic heterocycles. The second-order valence-electron chi connectivity index (χ2n) is 3.16. The largest absolute Gasteiger partial charge is 0.346 e. The number of nitrogens with one attached hydrogen (secondary N) is 1. The van der Waals surface area contributed by atoms with Crippen LogP contribution in [0.4, 0.5) is 0 Å². The second-order valence-corrected chi connectivity index (χ2v) is 3.16. The molecule has 2 rings (SSSR count). The SMILES string of the molecule is Cc1nc(-c2nccn2C)c(C)[nH]1.